The van der Waals surface area contributed by atoms with Gasteiger partial charge in [0.25, 0.3) is 0 Å². The minimum atomic E-state index is -0.0468. The SMILES string of the molecule is COc1ccc(C(=O)C(C)CN(C)C)cc1Cl. The van der Waals surface area contributed by atoms with Gasteiger partial charge in [-0.3, -0.25) is 4.79 Å². The van der Waals surface area contributed by atoms with Crippen molar-refractivity contribution >= 4 is 17.4 Å². The number of benzene rings is 1. The fourth-order valence-electron chi connectivity index (χ4n) is 1.73. The quantitative estimate of drug-likeness (QED) is 0.758. The number of hydrogen-bond donors (Lipinski definition) is 0. The van der Waals surface area contributed by atoms with E-state index < -0.39 is 0 Å². The van der Waals surface area contributed by atoms with Crippen LogP contribution in [0.3, 0.4) is 0 Å². The van der Waals surface area contributed by atoms with Crippen LogP contribution in [0.1, 0.15) is 17.3 Å². The molecule has 0 aliphatic rings. The molecule has 1 unspecified atom stereocenters. The summed E-state index contributed by atoms with van der Waals surface area (Å²) in [6.45, 7) is 2.64. The normalized spacial score (nSPS) is 12.6. The number of carbonyl (C=O) groups is 1. The predicted molar refractivity (Wildman–Crippen MR) is 70.1 cm³/mol. The number of methoxy groups -OCH3 is 1. The minimum Gasteiger partial charge on any atom is -0.495 e. The average molecular weight is 256 g/mol. The van der Waals surface area contributed by atoms with E-state index >= 15 is 0 Å². The lowest BCUT2D eigenvalue weighted by Gasteiger charge is -2.16. The number of carbonyl (C=O) groups excluding carboxylic acids is 1. The molecule has 0 amide bonds. The second-order valence-corrected chi connectivity index (χ2v) is 4.78. The van der Waals surface area contributed by atoms with Gasteiger partial charge in [0, 0.05) is 18.0 Å². The minimum absolute atomic E-state index is 0.0468. The van der Waals surface area contributed by atoms with Crippen molar-refractivity contribution in [2.24, 2.45) is 5.92 Å². The third-order valence-corrected chi connectivity index (χ3v) is 2.82. The molecule has 0 radical (unpaired) electrons. The number of hydrogen-bond acceptors (Lipinski definition) is 3. The largest absolute Gasteiger partial charge is 0.495 e. The van der Waals surface area contributed by atoms with E-state index in [-0.39, 0.29) is 11.7 Å². The number of nitrogens with zero attached hydrogens (tertiary/aromatic N) is 1. The molecule has 0 aliphatic carbocycles. The van der Waals surface area contributed by atoms with E-state index in [4.69, 9.17) is 16.3 Å². The molecule has 1 atom stereocenters. The summed E-state index contributed by atoms with van der Waals surface area (Å²) in [6.07, 6.45) is 0. The van der Waals surface area contributed by atoms with E-state index in [1.54, 1.807) is 25.3 Å². The third kappa shape index (κ3) is 3.72. The van der Waals surface area contributed by atoms with Gasteiger partial charge in [0.15, 0.2) is 5.78 Å². The number of ketones is 1. The molecule has 0 fully saturated rings. The summed E-state index contributed by atoms with van der Waals surface area (Å²) in [4.78, 5) is 14.1. The molecule has 3 nitrogen and oxygen atoms in total. The summed E-state index contributed by atoms with van der Waals surface area (Å²) >= 11 is 6.00. The second kappa shape index (κ2) is 6.03. The zero-order valence-corrected chi connectivity index (χ0v) is 11.4. The van der Waals surface area contributed by atoms with Gasteiger partial charge in [-0.1, -0.05) is 18.5 Å². The topological polar surface area (TPSA) is 29.5 Å². The van der Waals surface area contributed by atoms with Gasteiger partial charge in [0.1, 0.15) is 5.75 Å². The first-order valence-corrected chi connectivity index (χ1v) is 5.86. The third-order valence-electron chi connectivity index (χ3n) is 2.52. The van der Waals surface area contributed by atoms with Crippen molar-refractivity contribution < 1.29 is 9.53 Å². The van der Waals surface area contributed by atoms with Crippen molar-refractivity contribution in [1.29, 1.82) is 0 Å². The van der Waals surface area contributed by atoms with Crippen LogP contribution in [0.4, 0.5) is 0 Å². The van der Waals surface area contributed by atoms with Crippen molar-refractivity contribution in [2.75, 3.05) is 27.7 Å². The van der Waals surface area contributed by atoms with Crippen LogP contribution < -0.4 is 4.74 Å². The lowest BCUT2D eigenvalue weighted by atomic mass is 9.99. The van der Waals surface area contributed by atoms with Crippen molar-refractivity contribution in [2.45, 2.75) is 6.92 Å². The van der Waals surface area contributed by atoms with Gasteiger partial charge < -0.3 is 9.64 Å². The average Bonchev–Trinajstić information content (AvgIpc) is 2.27. The fraction of sp³-hybridized carbons (Fsp3) is 0.462. The van der Waals surface area contributed by atoms with Crippen LogP contribution in [0.5, 0.6) is 5.75 Å². The Kier molecular flexibility index (Phi) is 4.97. The van der Waals surface area contributed by atoms with Crippen LogP contribution in [0.2, 0.25) is 5.02 Å². The highest BCUT2D eigenvalue weighted by Gasteiger charge is 2.17. The molecule has 0 bridgehead atoms. The first-order chi connectivity index (χ1) is 7.95. The first-order valence-electron chi connectivity index (χ1n) is 5.48. The van der Waals surface area contributed by atoms with E-state index in [1.807, 2.05) is 25.9 Å². The standard InChI is InChI=1S/C13H18ClNO2/c1-9(8-15(2)3)13(16)10-5-6-12(17-4)11(14)7-10/h5-7,9H,8H2,1-4H3. The molecule has 17 heavy (non-hydrogen) atoms. The summed E-state index contributed by atoms with van der Waals surface area (Å²) in [6, 6.07) is 5.13. The molecule has 1 aromatic rings. The molecule has 0 aliphatic heterocycles. The Morgan fingerprint density at radius 1 is 1.47 bits per heavy atom. The smallest absolute Gasteiger partial charge is 0.166 e. The molecular formula is C13H18ClNO2. The van der Waals surface area contributed by atoms with Crippen LogP contribution in [-0.2, 0) is 0 Å². The van der Waals surface area contributed by atoms with Gasteiger partial charge in [-0.2, -0.15) is 0 Å². The fourth-order valence-corrected chi connectivity index (χ4v) is 1.99. The number of Topliss-reactive ketones (excluding diaryl/α,β-unsaturated/α-hetero) is 1. The Morgan fingerprint density at radius 2 is 2.12 bits per heavy atom. The second-order valence-electron chi connectivity index (χ2n) is 4.38. The molecule has 94 valence electrons. The number of ether oxygens (including phenoxy) is 1. The van der Waals surface area contributed by atoms with Crippen LogP contribution in [-0.4, -0.2) is 38.4 Å². The van der Waals surface area contributed by atoms with Gasteiger partial charge in [-0.25, -0.2) is 0 Å². The molecule has 4 heteroatoms. The molecule has 0 heterocycles. The van der Waals surface area contributed by atoms with Gasteiger partial charge in [0.2, 0.25) is 0 Å². The Balaban J connectivity index is 2.86. The molecular weight excluding hydrogens is 238 g/mol. The van der Waals surface area contributed by atoms with Crippen molar-refractivity contribution in [3.63, 3.8) is 0 Å². The van der Waals surface area contributed by atoms with Crippen LogP contribution in [0.15, 0.2) is 18.2 Å². The lowest BCUT2D eigenvalue weighted by Crippen LogP contribution is -2.25. The van der Waals surface area contributed by atoms with Gasteiger partial charge in [0.05, 0.1) is 12.1 Å². The van der Waals surface area contributed by atoms with Crippen LogP contribution in [0, 0.1) is 5.92 Å². The predicted octanol–water partition coefficient (Wildman–Crippen LogP) is 2.73. The summed E-state index contributed by atoms with van der Waals surface area (Å²) < 4.78 is 5.05. The highest BCUT2D eigenvalue weighted by Crippen LogP contribution is 2.26. The molecule has 1 rings (SSSR count). The summed E-state index contributed by atoms with van der Waals surface area (Å²) in [5, 5.41) is 0.468. The molecule has 0 saturated heterocycles. The highest BCUT2D eigenvalue weighted by atomic mass is 35.5. The Labute approximate surface area is 107 Å². The first kappa shape index (κ1) is 14.0. The van der Waals surface area contributed by atoms with Crippen molar-refractivity contribution in [1.82, 2.24) is 4.90 Å². The van der Waals surface area contributed by atoms with E-state index in [0.29, 0.717) is 16.3 Å². The summed E-state index contributed by atoms with van der Waals surface area (Å²) in [5.41, 5.74) is 0.630. The zero-order chi connectivity index (χ0) is 13.0. The van der Waals surface area contributed by atoms with Gasteiger partial charge >= 0.3 is 0 Å². The van der Waals surface area contributed by atoms with E-state index in [2.05, 4.69) is 0 Å². The van der Waals surface area contributed by atoms with Crippen LogP contribution in [0.25, 0.3) is 0 Å². The molecule has 0 spiro atoms. The molecule has 0 N–H and O–H groups in total. The molecule has 1 aromatic carbocycles. The zero-order valence-electron chi connectivity index (χ0n) is 10.7. The van der Waals surface area contributed by atoms with Gasteiger partial charge in [-0.15, -0.1) is 0 Å². The van der Waals surface area contributed by atoms with E-state index in [9.17, 15) is 4.79 Å². The summed E-state index contributed by atoms with van der Waals surface area (Å²) in [7, 11) is 5.45. The maximum absolute atomic E-state index is 12.1. The Bertz CT molecular complexity index is 404. The highest BCUT2D eigenvalue weighted by molar-refractivity contribution is 6.32. The van der Waals surface area contributed by atoms with Crippen LogP contribution >= 0.6 is 11.6 Å². The van der Waals surface area contributed by atoms with E-state index in [1.165, 1.54) is 0 Å². The van der Waals surface area contributed by atoms with Crippen molar-refractivity contribution in [3.8, 4) is 5.75 Å². The number of halogens is 1. The molecule has 0 aromatic heterocycles. The Hall–Kier alpha value is -1.06. The lowest BCUT2D eigenvalue weighted by molar-refractivity contribution is 0.0910. The summed E-state index contributed by atoms with van der Waals surface area (Å²) in [5.74, 6) is 0.640. The maximum atomic E-state index is 12.1. The Morgan fingerprint density at radius 3 is 2.59 bits per heavy atom. The number of rotatable bonds is 5. The monoisotopic (exact) mass is 255 g/mol. The van der Waals surface area contributed by atoms with Gasteiger partial charge in [-0.05, 0) is 32.3 Å². The molecule has 0 saturated carbocycles. The van der Waals surface area contributed by atoms with E-state index in [0.717, 1.165) is 6.54 Å². The maximum Gasteiger partial charge on any atom is 0.166 e. The van der Waals surface area contributed by atoms with Crippen molar-refractivity contribution in [3.05, 3.63) is 28.8 Å².